The molecule has 1 aliphatic rings. The third-order valence-corrected chi connectivity index (χ3v) is 3.93. The van der Waals surface area contributed by atoms with E-state index in [2.05, 4.69) is 15.4 Å². The Hall–Kier alpha value is -1.55. The van der Waals surface area contributed by atoms with Crippen molar-refractivity contribution in [2.45, 2.75) is 33.1 Å². The van der Waals surface area contributed by atoms with Crippen LogP contribution in [0.3, 0.4) is 0 Å². The van der Waals surface area contributed by atoms with Gasteiger partial charge in [0.1, 0.15) is 0 Å². The van der Waals surface area contributed by atoms with E-state index in [0.717, 1.165) is 37.2 Å². The van der Waals surface area contributed by atoms with E-state index in [1.165, 1.54) is 6.42 Å². The summed E-state index contributed by atoms with van der Waals surface area (Å²) >= 11 is 6.07. The number of piperidine rings is 1. The smallest absolute Gasteiger partial charge is 0.196 e. The molecular formula is C15H20ClN3O. The molecule has 0 saturated carbocycles. The van der Waals surface area contributed by atoms with E-state index in [0.29, 0.717) is 10.9 Å². The van der Waals surface area contributed by atoms with Crippen molar-refractivity contribution >= 4 is 28.9 Å². The molecule has 0 bridgehead atoms. The molecule has 4 nitrogen and oxygen atoms in total. The zero-order valence-corrected chi connectivity index (χ0v) is 12.7. The summed E-state index contributed by atoms with van der Waals surface area (Å²) in [4.78, 5) is 13.8. The second kappa shape index (κ2) is 6.75. The summed E-state index contributed by atoms with van der Waals surface area (Å²) in [5.74, 6) is 0.489. The standard InChI is InChI=1S/C15H20ClN3O/c1-11-13(16)7-6-8-14(11)17-18-15(12(2)20)19-9-4-3-5-10-19/h6-8,17H,3-5,9-10H2,1-2H3/b18-15+. The van der Waals surface area contributed by atoms with E-state index in [1.807, 2.05) is 25.1 Å². The van der Waals surface area contributed by atoms with Gasteiger partial charge in [0.25, 0.3) is 0 Å². The molecule has 2 rings (SSSR count). The SMILES string of the molecule is CC(=O)/C(=N\Nc1cccc(Cl)c1C)N1CCCCC1. The Bertz CT molecular complexity index is 522. The van der Waals surface area contributed by atoms with Crippen molar-refractivity contribution < 1.29 is 4.79 Å². The maximum Gasteiger partial charge on any atom is 0.196 e. The first-order valence-electron chi connectivity index (χ1n) is 6.94. The Morgan fingerprint density at radius 2 is 2.00 bits per heavy atom. The number of hydrazone groups is 1. The fourth-order valence-corrected chi connectivity index (χ4v) is 2.49. The average molecular weight is 294 g/mol. The lowest BCUT2D eigenvalue weighted by Gasteiger charge is -2.28. The Morgan fingerprint density at radius 1 is 1.30 bits per heavy atom. The lowest BCUT2D eigenvalue weighted by atomic mass is 10.1. The van der Waals surface area contributed by atoms with E-state index in [-0.39, 0.29) is 5.78 Å². The largest absolute Gasteiger partial charge is 0.352 e. The number of nitrogens with zero attached hydrogens (tertiary/aromatic N) is 2. The molecule has 1 heterocycles. The normalized spacial score (nSPS) is 16.1. The first kappa shape index (κ1) is 14.9. The number of ketones is 1. The molecule has 5 heteroatoms. The van der Waals surface area contributed by atoms with Crippen LogP contribution in [0.2, 0.25) is 5.02 Å². The average Bonchev–Trinajstić information content (AvgIpc) is 2.44. The highest BCUT2D eigenvalue weighted by Crippen LogP contribution is 2.23. The van der Waals surface area contributed by atoms with Crippen molar-refractivity contribution in [1.82, 2.24) is 4.90 Å². The Labute approximate surface area is 124 Å². The quantitative estimate of drug-likeness (QED) is 0.527. The molecule has 1 aromatic carbocycles. The molecule has 0 radical (unpaired) electrons. The fourth-order valence-electron chi connectivity index (χ4n) is 2.32. The maximum absolute atomic E-state index is 11.8. The Kier molecular flexibility index (Phi) is 5.01. The van der Waals surface area contributed by atoms with Crippen LogP contribution in [-0.4, -0.2) is 29.6 Å². The van der Waals surface area contributed by atoms with Gasteiger partial charge in [-0.25, -0.2) is 0 Å². The minimum Gasteiger partial charge on any atom is -0.352 e. The lowest BCUT2D eigenvalue weighted by Crippen LogP contribution is -2.39. The van der Waals surface area contributed by atoms with Crippen molar-refractivity contribution in [3.63, 3.8) is 0 Å². The highest BCUT2D eigenvalue weighted by Gasteiger charge is 2.18. The Morgan fingerprint density at radius 3 is 2.65 bits per heavy atom. The van der Waals surface area contributed by atoms with Crippen LogP contribution in [0.25, 0.3) is 0 Å². The van der Waals surface area contributed by atoms with E-state index >= 15 is 0 Å². The van der Waals surface area contributed by atoms with Crippen LogP contribution in [0.5, 0.6) is 0 Å². The summed E-state index contributed by atoms with van der Waals surface area (Å²) < 4.78 is 0. The van der Waals surface area contributed by atoms with Crippen molar-refractivity contribution in [3.8, 4) is 0 Å². The molecular weight excluding hydrogens is 274 g/mol. The number of rotatable bonds is 3. The molecule has 1 aromatic rings. The van der Waals surface area contributed by atoms with Gasteiger partial charge in [-0.2, -0.15) is 5.10 Å². The fraction of sp³-hybridized carbons (Fsp3) is 0.467. The molecule has 0 aliphatic carbocycles. The van der Waals surface area contributed by atoms with Crippen LogP contribution in [0.4, 0.5) is 5.69 Å². The molecule has 1 saturated heterocycles. The Balaban J connectivity index is 2.17. The minimum absolute atomic E-state index is 0.0147. The number of amidine groups is 1. The molecule has 1 fully saturated rings. The summed E-state index contributed by atoms with van der Waals surface area (Å²) in [5, 5.41) is 4.99. The highest BCUT2D eigenvalue weighted by atomic mass is 35.5. The summed E-state index contributed by atoms with van der Waals surface area (Å²) in [6.07, 6.45) is 3.45. The lowest BCUT2D eigenvalue weighted by molar-refractivity contribution is -0.111. The molecule has 0 unspecified atom stereocenters. The van der Waals surface area contributed by atoms with Gasteiger partial charge in [-0.15, -0.1) is 0 Å². The third kappa shape index (κ3) is 3.51. The zero-order chi connectivity index (χ0) is 14.5. The summed E-state index contributed by atoms with van der Waals surface area (Å²) in [5.41, 5.74) is 4.73. The summed E-state index contributed by atoms with van der Waals surface area (Å²) in [6, 6.07) is 5.60. The molecule has 1 aliphatic heterocycles. The number of carbonyl (C=O) groups is 1. The number of halogens is 1. The number of carbonyl (C=O) groups excluding carboxylic acids is 1. The van der Waals surface area contributed by atoms with Gasteiger partial charge in [-0.1, -0.05) is 17.7 Å². The van der Waals surface area contributed by atoms with Gasteiger partial charge < -0.3 is 4.90 Å². The second-order valence-electron chi connectivity index (χ2n) is 5.06. The number of hydrogen-bond acceptors (Lipinski definition) is 3. The molecule has 1 N–H and O–H groups in total. The maximum atomic E-state index is 11.8. The van der Waals surface area contributed by atoms with Gasteiger partial charge >= 0.3 is 0 Å². The molecule has 108 valence electrons. The van der Waals surface area contributed by atoms with E-state index in [1.54, 1.807) is 6.92 Å². The van der Waals surface area contributed by atoms with Crippen molar-refractivity contribution in [1.29, 1.82) is 0 Å². The second-order valence-corrected chi connectivity index (χ2v) is 5.47. The topological polar surface area (TPSA) is 44.7 Å². The predicted molar refractivity (Wildman–Crippen MR) is 83.4 cm³/mol. The van der Waals surface area contributed by atoms with Gasteiger partial charge in [0.2, 0.25) is 0 Å². The number of Topliss-reactive ketones (excluding diaryl/α,β-unsaturated/α-hetero) is 1. The van der Waals surface area contributed by atoms with Crippen LogP contribution in [0, 0.1) is 6.92 Å². The van der Waals surface area contributed by atoms with Gasteiger partial charge in [0.15, 0.2) is 11.6 Å². The van der Waals surface area contributed by atoms with E-state index in [9.17, 15) is 4.79 Å². The molecule has 0 atom stereocenters. The van der Waals surface area contributed by atoms with Gasteiger partial charge in [-0.05, 0) is 43.9 Å². The van der Waals surface area contributed by atoms with Crippen molar-refractivity contribution in [2.75, 3.05) is 18.5 Å². The molecule has 20 heavy (non-hydrogen) atoms. The van der Waals surface area contributed by atoms with Crippen LogP contribution in [0.15, 0.2) is 23.3 Å². The predicted octanol–water partition coefficient (Wildman–Crippen LogP) is 3.45. The van der Waals surface area contributed by atoms with Gasteiger partial charge in [0.05, 0.1) is 5.69 Å². The number of likely N-dealkylation sites (tertiary alicyclic amines) is 1. The zero-order valence-electron chi connectivity index (χ0n) is 11.9. The van der Waals surface area contributed by atoms with Gasteiger partial charge in [-0.3, -0.25) is 10.2 Å². The van der Waals surface area contributed by atoms with Gasteiger partial charge in [0, 0.05) is 25.0 Å². The van der Waals surface area contributed by atoms with Crippen LogP contribution in [0.1, 0.15) is 31.7 Å². The third-order valence-electron chi connectivity index (χ3n) is 3.52. The molecule has 0 aromatic heterocycles. The monoisotopic (exact) mass is 293 g/mol. The van der Waals surface area contributed by atoms with E-state index in [4.69, 9.17) is 11.6 Å². The van der Waals surface area contributed by atoms with Crippen LogP contribution < -0.4 is 5.43 Å². The first-order chi connectivity index (χ1) is 9.59. The number of nitrogens with one attached hydrogen (secondary N) is 1. The van der Waals surface area contributed by atoms with E-state index < -0.39 is 0 Å². The van der Waals surface area contributed by atoms with Crippen LogP contribution in [-0.2, 0) is 4.79 Å². The van der Waals surface area contributed by atoms with Crippen molar-refractivity contribution in [2.24, 2.45) is 5.10 Å². The minimum atomic E-state index is -0.0147. The molecule has 0 amide bonds. The number of benzene rings is 1. The number of hydrogen-bond donors (Lipinski definition) is 1. The van der Waals surface area contributed by atoms with Crippen molar-refractivity contribution in [3.05, 3.63) is 28.8 Å². The molecule has 0 spiro atoms. The first-order valence-corrected chi connectivity index (χ1v) is 7.32. The summed E-state index contributed by atoms with van der Waals surface area (Å²) in [6.45, 7) is 5.28. The van der Waals surface area contributed by atoms with Crippen LogP contribution >= 0.6 is 11.6 Å². The highest BCUT2D eigenvalue weighted by molar-refractivity contribution is 6.38. The summed E-state index contributed by atoms with van der Waals surface area (Å²) in [7, 11) is 0. The number of anilines is 1.